The molecule has 2 fully saturated rings. The zero-order valence-corrected chi connectivity index (χ0v) is 9.58. The molecule has 2 unspecified atom stereocenters. The molecule has 0 amide bonds. The van der Waals surface area contributed by atoms with E-state index in [-0.39, 0.29) is 0 Å². The zero-order chi connectivity index (χ0) is 10.7. The van der Waals surface area contributed by atoms with Crippen LogP contribution in [0.4, 0.5) is 0 Å². The number of carbonyl (C=O) groups is 1. The Bertz CT molecular complexity index is 230. The molecular weight excluding hydrogens is 190 g/mol. The number of hydrogen-bond acceptors (Lipinski definition) is 3. The van der Waals surface area contributed by atoms with Crippen LogP contribution in [-0.4, -0.2) is 42.5 Å². The number of carbonyl (C=O) groups excluding carboxylic acids is 1. The smallest absolute Gasteiger partial charge is 0.134 e. The number of morpholine rings is 1. The van der Waals surface area contributed by atoms with Gasteiger partial charge in [0.15, 0.2) is 0 Å². The summed E-state index contributed by atoms with van der Waals surface area (Å²) in [4.78, 5) is 14.0. The first-order valence-electron chi connectivity index (χ1n) is 6.16. The van der Waals surface area contributed by atoms with Gasteiger partial charge in [-0.1, -0.05) is 6.92 Å². The first-order chi connectivity index (χ1) is 7.31. The molecule has 1 heterocycles. The second-order valence-electron chi connectivity index (χ2n) is 4.66. The number of rotatable bonds is 2. The highest BCUT2D eigenvalue weighted by Gasteiger charge is 2.31. The van der Waals surface area contributed by atoms with Crippen LogP contribution in [-0.2, 0) is 9.53 Å². The van der Waals surface area contributed by atoms with Gasteiger partial charge < -0.3 is 4.74 Å². The fraction of sp³-hybridized carbons (Fsp3) is 0.917. The number of ether oxygens (including phenoxy) is 1. The van der Waals surface area contributed by atoms with Crippen LogP contribution in [0.1, 0.15) is 39.0 Å². The van der Waals surface area contributed by atoms with Crippen molar-refractivity contribution in [2.24, 2.45) is 0 Å². The first kappa shape index (κ1) is 11.1. The summed E-state index contributed by atoms with van der Waals surface area (Å²) in [7, 11) is 0. The molecule has 0 bridgehead atoms. The third-order valence-electron chi connectivity index (χ3n) is 3.67. The normalized spacial score (nSPS) is 34.3. The van der Waals surface area contributed by atoms with E-state index in [4.69, 9.17) is 4.74 Å². The summed E-state index contributed by atoms with van der Waals surface area (Å²) >= 11 is 0. The van der Waals surface area contributed by atoms with Crippen LogP contribution in [0.15, 0.2) is 0 Å². The quantitative estimate of drug-likeness (QED) is 0.695. The summed E-state index contributed by atoms with van der Waals surface area (Å²) in [5.41, 5.74) is 0. The fourth-order valence-electron chi connectivity index (χ4n) is 2.79. The molecule has 0 spiro atoms. The average molecular weight is 211 g/mol. The van der Waals surface area contributed by atoms with E-state index in [9.17, 15) is 4.79 Å². The van der Waals surface area contributed by atoms with Gasteiger partial charge in [0.25, 0.3) is 0 Å². The van der Waals surface area contributed by atoms with Gasteiger partial charge in [-0.05, 0) is 19.3 Å². The van der Waals surface area contributed by atoms with Crippen LogP contribution in [0.25, 0.3) is 0 Å². The molecule has 0 aromatic carbocycles. The highest BCUT2D eigenvalue weighted by Crippen LogP contribution is 2.24. The molecule has 0 aromatic rings. The maximum Gasteiger partial charge on any atom is 0.134 e. The molecule has 3 heteroatoms. The lowest BCUT2D eigenvalue weighted by molar-refractivity contribution is -0.123. The number of Topliss-reactive ketones (excluding diaryl/α,β-unsaturated/α-hetero) is 1. The van der Waals surface area contributed by atoms with Crippen molar-refractivity contribution in [3.63, 3.8) is 0 Å². The van der Waals surface area contributed by atoms with Crippen molar-refractivity contribution in [3.8, 4) is 0 Å². The van der Waals surface area contributed by atoms with Crippen LogP contribution in [0, 0.1) is 0 Å². The van der Waals surface area contributed by atoms with E-state index in [1.807, 2.05) is 0 Å². The van der Waals surface area contributed by atoms with Gasteiger partial charge in [-0.25, -0.2) is 0 Å². The van der Waals surface area contributed by atoms with E-state index in [0.29, 0.717) is 17.9 Å². The van der Waals surface area contributed by atoms with E-state index in [1.165, 1.54) is 6.42 Å². The van der Waals surface area contributed by atoms with Gasteiger partial charge in [0.05, 0.1) is 13.2 Å². The predicted molar refractivity (Wildman–Crippen MR) is 58.9 cm³/mol. The van der Waals surface area contributed by atoms with Gasteiger partial charge in [-0.3, -0.25) is 9.69 Å². The monoisotopic (exact) mass is 211 g/mol. The Morgan fingerprint density at radius 3 is 3.13 bits per heavy atom. The molecule has 1 saturated heterocycles. The van der Waals surface area contributed by atoms with Crippen molar-refractivity contribution in [1.29, 1.82) is 0 Å². The van der Waals surface area contributed by atoms with E-state index < -0.39 is 0 Å². The molecule has 15 heavy (non-hydrogen) atoms. The summed E-state index contributed by atoms with van der Waals surface area (Å²) in [6.07, 6.45) is 4.98. The van der Waals surface area contributed by atoms with Crippen molar-refractivity contribution in [2.75, 3.05) is 19.8 Å². The molecule has 1 saturated carbocycles. The van der Waals surface area contributed by atoms with Gasteiger partial charge >= 0.3 is 0 Å². The Labute approximate surface area is 91.8 Å². The molecule has 1 aliphatic carbocycles. The zero-order valence-electron chi connectivity index (χ0n) is 9.58. The van der Waals surface area contributed by atoms with Crippen molar-refractivity contribution in [3.05, 3.63) is 0 Å². The molecular formula is C12H21NO2. The molecule has 1 aliphatic heterocycles. The maximum absolute atomic E-state index is 11.5. The van der Waals surface area contributed by atoms with E-state index in [1.54, 1.807) is 0 Å². The van der Waals surface area contributed by atoms with Gasteiger partial charge in [-0.2, -0.15) is 0 Å². The van der Waals surface area contributed by atoms with Gasteiger partial charge in [0.1, 0.15) is 5.78 Å². The Morgan fingerprint density at radius 1 is 1.53 bits per heavy atom. The van der Waals surface area contributed by atoms with Crippen LogP contribution >= 0.6 is 0 Å². The molecule has 2 atom stereocenters. The largest absolute Gasteiger partial charge is 0.378 e. The molecule has 2 rings (SSSR count). The number of nitrogens with zero attached hydrogens (tertiary/aromatic N) is 1. The summed E-state index contributed by atoms with van der Waals surface area (Å²) in [6.45, 7) is 4.90. The molecule has 86 valence electrons. The summed E-state index contributed by atoms with van der Waals surface area (Å²) in [5, 5.41) is 0. The standard InChI is InChI=1S/C12H21NO2/c1-2-10-9-15-7-6-13(10)11-4-3-5-12(14)8-11/h10-11H,2-9H2,1H3. The van der Waals surface area contributed by atoms with E-state index >= 15 is 0 Å². The fourth-order valence-corrected chi connectivity index (χ4v) is 2.79. The van der Waals surface area contributed by atoms with Crippen LogP contribution in [0.5, 0.6) is 0 Å². The topological polar surface area (TPSA) is 29.5 Å². The minimum Gasteiger partial charge on any atom is -0.378 e. The van der Waals surface area contributed by atoms with Gasteiger partial charge in [-0.15, -0.1) is 0 Å². The first-order valence-corrected chi connectivity index (χ1v) is 6.16. The van der Waals surface area contributed by atoms with Crippen molar-refractivity contribution in [1.82, 2.24) is 4.90 Å². The van der Waals surface area contributed by atoms with E-state index in [2.05, 4.69) is 11.8 Å². The van der Waals surface area contributed by atoms with Gasteiger partial charge in [0.2, 0.25) is 0 Å². The Morgan fingerprint density at radius 2 is 2.40 bits per heavy atom. The SMILES string of the molecule is CCC1COCCN1C1CCCC(=O)C1. The van der Waals surface area contributed by atoms with E-state index in [0.717, 1.165) is 45.4 Å². The predicted octanol–water partition coefficient (Wildman–Crippen LogP) is 1.61. The third-order valence-corrected chi connectivity index (χ3v) is 3.67. The molecule has 3 nitrogen and oxygen atoms in total. The highest BCUT2D eigenvalue weighted by molar-refractivity contribution is 5.79. The van der Waals surface area contributed by atoms with Crippen LogP contribution in [0.2, 0.25) is 0 Å². The van der Waals surface area contributed by atoms with Crippen LogP contribution in [0.3, 0.4) is 0 Å². The maximum atomic E-state index is 11.5. The molecule has 0 N–H and O–H groups in total. The summed E-state index contributed by atoms with van der Waals surface area (Å²) in [6, 6.07) is 1.04. The van der Waals surface area contributed by atoms with Gasteiger partial charge in [0, 0.05) is 31.5 Å². The van der Waals surface area contributed by atoms with Crippen molar-refractivity contribution < 1.29 is 9.53 Å². The Kier molecular flexibility index (Phi) is 3.76. The highest BCUT2D eigenvalue weighted by atomic mass is 16.5. The molecule has 2 aliphatic rings. The van der Waals surface area contributed by atoms with Crippen LogP contribution < -0.4 is 0 Å². The lowest BCUT2D eigenvalue weighted by atomic mass is 9.91. The van der Waals surface area contributed by atoms with Crippen molar-refractivity contribution >= 4 is 5.78 Å². The van der Waals surface area contributed by atoms with Crippen molar-refractivity contribution in [2.45, 2.75) is 51.1 Å². The third kappa shape index (κ3) is 2.58. The molecule has 0 aromatic heterocycles. The second kappa shape index (κ2) is 5.08. The minimum atomic E-state index is 0.451. The lowest BCUT2D eigenvalue weighted by Crippen LogP contribution is -2.51. The summed E-state index contributed by atoms with van der Waals surface area (Å²) in [5.74, 6) is 0.451. The summed E-state index contributed by atoms with van der Waals surface area (Å²) < 4.78 is 5.49. The Hall–Kier alpha value is -0.410. The minimum absolute atomic E-state index is 0.451. The molecule has 0 radical (unpaired) electrons. The lowest BCUT2D eigenvalue weighted by Gasteiger charge is -2.41. The number of hydrogen-bond donors (Lipinski definition) is 0. The second-order valence-corrected chi connectivity index (χ2v) is 4.66. The average Bonchev–Trinajstić information content (AvgIpc) is 2.29. The Balaban J connectivity index is 1.97. The number of ketones is 1.